The molecule has 3 aliphatic heterocycles. The van der Waals surface area contributed by atoms with Gasteiger partial charge in [0, 0.05) is 30.2 Å². The van der Waals surface area contributed by atoms with Crippen molar-refractivity contribution < 1.29 is 0 Å². The molecule has 0 aliphatic carbocycles. The molecule has 1 aromatic rings. The molecule has 1 fully saturated rings. The summed E-state index contributed by atoms with van der Waals surface area (Å²) in [6, 6.07) is 0.255. The lowest BCUT2D eigenvalue weighted by Gasteiger charge is -2.34. The van der Waals surface area contributed by atoms with Crippen LogP contribution in [-0.2, 0) is 0 Å². The molecule has 0 aromatic carbocycles. The second-order valence-corrected chi connectivity index (χ2v) is 7.74. The minimum atomic E-state index is 0.0297. The third-order valence-electron chi connectivity index (χ3n) is 4.12. The van der Waals surface area contributed by atoms with E-state index in [1.165, 1.54) is 15.6 Å². The molecule has 2 atom stereocenters. The molecule has 1 unspecified atom stereocenters. The Balaban J connectivity index is 1.67. The molecule has 4 heterocycles. The van der Waals surface area contributed by atoms with Gasteiger partial charge in [-0.3, -0.25) is 0 Å². The summed E-state index contributed by atoms with van der Waals surface area (Å²) in [5, 5.41) is 1.23. The van der Waals surface area contributed by atoms with E-state index in [0.717, 1.165) is 31.6 Å². The molecule has 0 bridgehead atoms. The summed E-state index contributed by atoms with van der Waals surface area (Å²) in [5.74, 6) is 0. The Morgan fingerprint density at radius 2 is 2.23 bits per heavy atom. The molecule has 0 radical (unpaired) electrons. The van der Waals surface area contributed by atoms with E-state index in [9.17, 15) is 0 Å². The summed E-state index contributed by atoms with van der Waals surface area (Å²) in [5.41, 5.74) is 14.5. The first-order chi connectivity index (χ1) is 10.7. The Bertz CT molecular complexity index is 663. The molecule has 1 saturated heterocycles. The summed E-state index contributed by atoms with van der Waals surface area (Å²) in [4.78, 5) is 5.80. The zero-order chi connectivity index (χ0) is 15.1. The molecule has 0 saturated carbocycles. The summed E-state index contributed by atoms with van der Waals surface area (Å²) in [7, 11) is 0. The third-order valence-corrected chi connectivity index (χ3v) is 5.98. The van der Waals surface area contributed by atoms with Gasteiger partial charge >= 0.3 is 0 Å². The number of rotatable bonds is 2. The Morgan fingerprint density at radius 1 is 1.32 bits per heavy atom. The van der Waals surface area contributed by atoms with Crippen LogP contribution in [0, 0.1) is 0 Å². The normalized spacial score (nSPS) is 27.7. The van der Waals surface area contributed by atoms with Crippen molar-refractivity contribution in [3.05, 3.63) is 41.2 Å². The van der Waals surface area contributed by atoms with Gasteiger partial charge in [-0.2, -0.15) is 4.37 Å². The maximum absolute atomic E-state index is 6.14. The van der Waals surface area contributed by atoms with Crippen molar-refractivity contribution in [2.45, 2.75) is 24.3 Å². The molecular formula is C15H19N5S2. The first kappa shape index (κ1) is 14.3. The van der Waals surface area contributed by atoms with E-state index in [4.69, 9.17) is 11.5 Å². The van der Waals surface area contributed by atoms with Crippen LogP contribution in [0.1, 0.15) is 12.8 Å². The molecule has 3 aliphatic rings. The average molecular weight is 333 g/mol. The SMILES string of the molecule is NC1C=C2C(=CC=CN2c2cnsc2N2CCC[C@H](N)C2)S1. The Hall–Kier alpha value is -1.28. The topological polar surface area (TPSA) is 71.4 Å². The highest BCUT2D eigenvalue weighted by molar-refractivity contribution is 8.04. The number of fused-ring (bicyclic) bond motifs is 1. The predicted octanol–water partition coefficient (Wildman–Crippen LogP) is 2.20. The summed E-state index contributed by atoms with van der Waals surface area (Å²) >= 11 is 3.24. The van der Waals surface area contributed by atoms with Crippen LogP contribution in [0.5, 0.6) is 0 Å². The fraction of sp³-hybridized carbons (Fsp3) is 0.400. The van der Waals surface area contributed by atoms with E-state index in [0.29, 0.717) is 0 Å². The third kappa shape index (κ3) is 2.48. The van der Waals surface area contributed by atoms with Gasteiger partial charge in [-0.15, -0.1) is 11.8 Å². The molecule has 5 nitrogen and oxygen atoms in total. The quantitative estimate of drug-likeness (QED) is 0.864. The lowest BCUT2D eigenvalue weighted by Crippen LogP contribution is -2.42. The number of nitrogens with two attached hydrogens (primary N) is 2. The van der Waals surface area contributed by atoms with Crippen LogP contribution in [0.3, 0.4) is 0 Å². The molecular weight excluding hydrogens is 314 g/mol. The number of thioether (sulfide) groups is 1. The number of anilines is 2. The van der Waals surface area contributed by atoms with Gasteiger partial charge in [0.1, 0.15) is 10.7 Å². The maximum Gasteiger partial charge on any atom is 0.136 e. The maximum atomic E-state index is 6.14. The van der Waals surface area contributed by atoms with Crippen LogP contribution < -0.4 is 21.3 Å². The van der Waals surface area contributed by atoms with Gasteiger partial charge in [-0.25, -0.2) is 0 Å². The Kier molecular flexibility index (Phi) is 3.73. The zero-order valence-electron chi connectivity index (χ0n) is 12.2. The zero-order valence-corrected chi connectivity index (χ0v) is 13.8. The Morgan fingerprint density at radius 3 is 3.09 bits per heavy atom. The predicted molar refractivity (Wildman–Crippen MR) is 94.9 cm³/mol. The van der Waals surface area contributed by atoms with Gasteiger partial charge in [-0.05, 0) is 42.6 Å². The number of hydrogen-bond acceptors (Lipinski definition) is 7. The average Bonchev–Trinajstić information content (AvgIpc) is 3.11. The fourth-order valence-corrected chi connectivity index (χ4v) is 4.83. The number of aromatic nitrogens is 1. The van der Waals surface area contributed by atoms with E-state index >= 15 is 0 Å². The van der Waals surface area contributed by atoms with Gasteiger partial charge in [0.15, 0.2) is 0 Å². The van der Waals surface area contributed by atoms with E-state index in [1.807, 2.05) is 6.20 Å². The van der Waals surface area contributed by atoms with Crippen molar-refractivity contribution in [1.29, 1.82) is 0 Å². The molecule has 1 aromatic heterocycles. The highest BCUT2D eigenvalue weighted by Crippen LogP contribution is 2.44. The van der Waals surface area contributed by atoms with Gasteiger partial charge in [-0.1, -0.05) is 0 Å². The molecule has 4 rings (SSSR count). The van der Waals surface area contributed by atoms with Gasteiger partial charge < -0.3 is 21.3 Å². The highest BCUT2D eigenvalue weighted by atomic mass is 32.2. The van der Waals surface area contributed by atoms with E-state index in [2.05, 4.69) is 38.6 Å². The van der Waals surface area contributed by atoms with E-state index in [-0.39, 0.29) is 11.4 Å². The van der Waals surface area contributed by atoms with Crippen molar-refractivity contribution in [3.8, 4) is 0 Å². The number of nitrogens with zero attached hydrogens (tertiary/aromatic N) is 3. The highest BCUT2D eigenvalue weighted by Gasteiger charge is 2.29. The summed E-state index contributed by atoms with van der Waals surface area (Å²) < 4.78 is 4.43. The van der Waals surface area contributed by atoms with Crippen LogP contribution in [0.15, 0.2) is 41.2 Å². The fourth-order valence-electron chi connectivity index (χ4n) is 3.12. The van der Waals surface area contributed by atoms with Crippen molar-refractivity contribution in [3.63, 3.8) is 0 Å². The monoisotopic (exact) mass is 333 g/mol. The standard InChI is InChI=1S/C15H19N5S2/c16-10-3-1-5-19(9-10)15-12(8-18-22-15)20-6-2-4-13-11(20)7-14(17)21-13/h2,4,6-8,10,14H,1,3,5,9,16-17H2/t10-,14?/m0/s1. The lowest BCUT2D eigenvalue weighted by molar-refractivity contribution is 0.508. The summed E-state index contributed by atoms with van der Waals surface area (Å²) in [6.45, 7) is 1.96. The lowest BCUT2D eigenvalue weighted by atomic mass is 10.1. The second kappa shape index (κ2) is 5.73. The van der Waals surface area contributed by atoms with Crippen molar-refractivity contribution in [2.24, 2.45) is 11.5 Å². The van der Waals surface area contributed by atoms with Crippen LogP contribution in [-0.4, -0.2) is 28.9 Å². The van der Waals surface area contributed by atoms with Gasteiger partial charge in [0.2, 0.25) is 0 Å². The largest absolute Gasteiger partial charge is 0.359 e. The first-order valence-electron chi connectivity index (χ1n) is 7.50. The number of hydrogen-bond donors (Lipinski definition) is 2. The molecule has 7 heteroatoms. The van der Waals surface area contributed by atoms with Gasteiger partial charge in [0.25, 0.3) is 0 Å². The second-order valence-electron chi connectivity index (χ2n) is 5.74. The minimum absolute atomic E-state index is 0.0297. The van der Waals surface area contributed by atoms with Crippen molar-refractivity contribution in [2.75, 3.05) is 22.9 Å². The van der Waals surface area contributed by atoms with E-state index in [1.54, 1.807) is 23.3 Å². The minimum Gasteiger partial charge on any atom is -0.359 e. The van der Waals surface area contributed by atoms with Crippen LogP contribution in [0.25, 0.3) is 0 Å². The number of piperidine rings is 1. The molecule has 22 heavy (non-hydrogen) atoms. The first-order valence-corrected chi connectivity index (χ1v) is 9.15. The Labute approximate surface area is 138 Å². The number of allylic oxidation sites excluding steroid dienone is 2. The molecule has 0 spiro atoms. The molecule has 116 valence electrons. The van der Waals surface area contributed by atoms with Crippen LogP contribution >= 0.6 is 23.3 Å². The van der Waals surface area contributed by atoms with Gasteiger partial charge in [0.05, 0.1) is 17.3 Å². The van der Waals surface area contributed by atoms with Crippen molar-refractivity contribution >= 4 is 34.0 Å². The van der Waals surface area contributed by atoms with Crippen LogP contribution in [0.4, 0.5) is 10.7 Å². The summed E-state index contributed by atoms with van der Waals surface area (Å²) in [6.07, 6.45) is 12.6. The van der Waals surface area contributed by atoms with Crippen molar-refractivity contribution in [1.82, 2.24) is 4.37 Å². The molecule has 0 amide bonds. The molecule has 4 N–H and O–H groups in total. The van der Waals surface area contributed by atoms with Crippen LogP contribution in [0.2, 0.25) is 0 Å². The smallest absolute Gasteiger partial charge is 0.136 e. The van der Waals surface area contributed by atoms with E-state index < -0.39 is 0 Å².